The Bertz CT molecular complexity index is 727. The van der Waals surface area contributed by atoms with Crippen molar-refractivity contribution in [2.75, 3.05) is 14.2 Å². The van der Waals surface area contributed by atoms with Crippen LogP contribution in [-0.4, -0.2) is 36.7 Å². The maximum atomic E-state index is 11.2. The first kappa shape index (κ1) is 18.1. The largest absolute Gasteiger partial charge is 0.497 e. The van der Waals surface area contributed by atoms with Crippen LogP contribution >= 0.6 is 0 Å². The summed E-state index contributed by atoms with van der Waals surface area (Å²) in [7, 11) is 3.15. The summed E-state index contributed by atoms with van der Waals surface area (Å²) in [6.45, 7) is 0. The van der Waals surface area contributed by atoms with E-state index in [4.69, 9.17) is 14.7 Å². The summed E-state index contributed by atoms with van der Waals surface area (Å²) < 4.78 is 10.3. The molecule has 0 saturated heterocycles. The molecule has 0 fully saturated rings. The molecule has 2 aromatic carbocycles. The Labute approximate surface area is 145 Å². The van der Waals surface area contributed by atoms with Crippen LogP contribution in [0.4, 0.5) is 0 Å². The van der Waals surface area contributed by atoms with Crippen molar-refractivity contribution in [1.82, 2.24) is 0 Å². The molecule has 130 valence electrons. The van der Waals surface area contributed by atoms with Crippen molar-refractivity contribution in [3.05, 3.63) is 65.2 Å². The minimum atomic E-state index is -1.02. The Morgan fingerprint density at radius 2 is 1.40 bits per heavy atom. The number of nitrogens with zero attached hydrogens (tertiary/aromatic N) is 1. The molecule has 0 radical (unpaired) electrons. The molecule has 0 aliphatic carbocycles. The third kappa shape index (κ3) is 4.60. The van der Waals surface area contributed by atoms with Gasteiger partial charge in [0.2, 0.25) is 0 Å². The lowest BCUT2D eigenvalue weighted by Gasteiger charge is -2.14. The van der Waals surface area contributed by atoms with Crippen LogP contribution in [0.25, 0.3) is 5.57 Å². The van der Waals surface area contributed by atoms with Crippen LogP contribution in [0.15, 0.2) is 59.3 Å². The Balaban J connectivity index is 2.64. The van der Waals surface area contributed by atoms with E-state index in [1.54, 1.807) is 38.5 Å². The second kappa shape index (κ2) is 8.54. The van der Waals surface area contributed by atoms with E-state index < -0.39 is 5.97 Å². The van der Waals surface area contributed by atoms with Crippen LogP contribution in [-0.2, 0) is 4.79 Å². The maximum absolute atomic E-state index is 11.2. The average Bonchev–Trinajstić information content (AvgIpc) is 2.63. The molecule has 6 nitrogen and oxygen atoms in total. The highest BCUT2D eigenvalue weighted by Gasteiger charge is 2.14. The first-order chi connectivity index (χ1) is 12.1. The van der Waals surface area contributed by atoms with Crippen LogP contribution in [0.5, 0.6) is 11.5 Å². The highest BCUT2D eigenvalue weighted by atomic mass is 16.5. The molecule has 0 heterocycles. The monoisotopic (exact) mass is 341 g/mol. The molecule has 2 aromatic rings. The molecule has 0 amide bonds. The minimum Gasteiger partial charge on any atom is -0.497 e. The van der Waals surface area contributed by atoms with Crippen LogP contribution in [0.1, 0.15) is 17.5 Å². The zero-order chi connectivity index (χ0) is 18.2. The lowest BCUT2D eigenvalue weighted by atomic mass is 9.92. The Kier molecular flexibility index (Phi) is 6.17. The van der Waals surface area contributed by atoms with Gasteiger partial charge in [0.15, 0.2) is 0 Å². The number of carboxylic acids is 1. The number of hydrogen-bond donors (Lipinski definition) is 2. The predicted octanol–water partition coefficient (Wildman–Crippen LogP) is 3.44. The van der Waals surface area contributed by atoms with Crippen molar-refractivity contribution in [3.63, 3.8) is 0 Å². The van der Waals surface area contributed by atoms with E-state index in [0.29, 0.717) is 22.6 Å². The third-order valence-corrected chi connectivity index (χ3v) is 3.63. The molecule has 0 unspecified atom stereocenters. The van der Waals surface area contributed by atoms with Crippen molar-refractivity contribution < 1.29 is 24.6 Å². The first-order valence-corrected chi connectivity index (χ1v) is 7.50. The molecule has 0 spiro atoms. The fourth-order valence-electron chi connectivity index (χ4n) is 2.48. The second-order valence-electron chi connectivity index (χ2n) is 5.17. The smallest absolute Gasteiger partial charge is 0.307 e. The molecule has 0 atom stereocenters. The van der Waals surface area contributed by atoms with Crippen molar-refractivity contribution in [1.29, 1.82) is 0 Å². The summed E-state index contributed by atoms with van der Waals surface area (Å²) in [6.07, 6.45) is 0.870. The van der Waals surface area contributed by atoms with Gasteiger partial charge in [-0.05, 0) is 46.5 Å². The van der Waals surface area contributed by atoms with Gasteiger partial charge in [-0.3, -0.25) is 4.79 Å². The van der Waals surface area contributed by atoms with Crippen molar-refractivity contribution in [2.45, 2.75) is 6.42 Å². The van der Waals surface area contributed by atoms with Crippen LogP contribution in [0.3, 0.4) is 0 Å². The summed E-state index contributed by atoms with van der Waals surface area (Å²) >= 11 is 0. The molecule has 2 N–H and O–H groups in total. The highest BCUT2D eigenvalue weighted by molar-refractivity contribution is 6.00. The van der Waals surface area contributed by atoms with Crippen LogP contribution < -0.4 is 9.47 Å². The summed E-state index contributed by atoms with van der Waals surface area (Å²) in [5.41, 5.74) is 2.60. The summed E-state index contributed by atoms with van der Waals surface area (Å²) in [5, 5.41) is 21.2. The van der Waals surface area contributed by atoms with E-state index in [0.717, 1.165) is 17.3 Å². The van der Waals surface area contributed by atoms with E-state index in [9.17, 15) is 9.90 Å². The van der Waals surface area contributed by atoms with E-state index in [1.165, 1.54) is 0 Å². The van der Waals surface area contributed by atoms with Gasteiger partial charge in [-0.1, -0.05) is 29.4 Å². The van der Waals surface area contributed by atoms with Crippen molar-refractivity contribution >= 4 is 17.8 Å². The number of ether oxygens (including phenoxy) is 2. The first-order valence-electron chi connectivity index (χ1n) is 7.50. The topological polar surface area (TPSA) is 88.4 Å². The van der Waals surface area contributed by atoms with Gasteiger partial charge in [-0.2, -0.15) is 0 Å². The zero-order valence-corrected chi connectivity index (χ0v) is 14.0. The highest BCUT2D eigenvalue weighted by Crippen LogP contribution is 2.30. The van der Waals surface area contributed by atoms with Gasteiger partial charge in [-0.15, -0.1) is 0 Å². The van der Waals surface area contributed by atoms with Gasteiger partial charge in [0.1, 0.15) is 11.5 Å². The molecular formula is C19H19NO5. The van der Waals surface area contributed by atoms with Crippen LogP contribution in [0.2, 0.25) is 0 Å². The van der Waals surface area contributed by atoms with E-state index in [-0.39, 0.29) is 6.42 Å². The summed E-state index contributed by atoms with van der Waals surface area (Å²) in [5.74, 6) is 0.358. The average molecular weight is 341 g/mol. The van der Waals surface area contributed by atoms with Gasteiger partial charge >= 0.3 is 5.97 Å². The molecule has 0 aliphatic rings. The molecule has 25 heavy (non-hydrogen) atoms. The van der Waals surface area contributed by atoms with Crippen molar-refractivity contribution in [2.24, 2.45) is 5.16 Å². The molecule has 6 heteroatoms. The number of rotatable bonds is 7. The molecule has 0 bridgehead atoms. The Morgan fingerprint density at radius 3 is 1.72 bits per heavy atom. The van der Waals surface area contributed by atoms with Crippen LogP contribution in [0, 0.1) is 0 Å². The van der Waals surface area contributed by atoms with Gasteiger partial charge in [-0.25, -0.2) is 0 Å². The van der Waals surface area contributed by atoms with E-state index in [1.807, 2.05) is 24.3 Å². The van der Waals surface area contributed by atoms with Gasteiger partial charge < -0.3 is 19.8 Å². The number of aliphatic carboxylic acids is 1. The molecule has 2 rings (SSSR count). The Hall–Kier alpha value is -3.28. The molecule has 0 aromatic heterocycles. The molecule has 0 saturated carbocycles. The SMILES string of the molecule is COc1ccc(C(=C(C=NO)CC(=O)O)c2ccc(OC)cc2)cc1. The summed E-state index contributed by atoms with van der Waals surface area (Å²) in [6, 6.07) is 14.4. The number of carbonyl (C=O) groups is 1. The number of methoxy groups -OCH3 is 2. The number of carboxylic acid groups (broad SMARTS) is 1. The fourth-order valence-corrected chi connectivity index (χ4v) is 2.48. The quantitative estimate of drug-likeness (QED) is 0.457. The zero-order valence-electron chi connectivity index (χ0n) is 14.0. The number of oxime groups is 1. The lowest BCUT2D eigenvalue weighted by molar-refractivity contribution is -0.136. The fraction of sp³-hybridized carbons (Fsp3) is 0.158. The van der Waals surface area contributed by atoms with E-state index >= 15 is 0 Å². The predicted molar refractivity (Wildman–Crippen MR) is 94.5 cm³/mol. The molecular weight excluding hydrogens is 322 g/mol. The summed E-state index contributed by atoms with van der Waals surface area (Å²) in [4.78, 5) is 11.2. The normalized spacial score (nSPS) is 10.5. The number of hydrogen-bond acceptors (Lipinski definition) is 5. The lowest BCUT2D eigenvalue weighted by Crippen LogP contribution is -2.03. The third-order valence-electron chi connectivity index (χ3n) is 3.63. The van der Waals surface area contributed by atoms with Gasteiger partial charge in [0.05, 0.1) is 26.9 Å². The van der Waals surface area contributed by atoms with Gasteiger partial charge in [0, 0.05) is 0 Å². The maximum Gasteiger partial charge on any atom is 0.307 e. The second-order valence-corrected chi connectivity index (χ2v) is 5.17. The number of benzene rings is 2. The van der Waals surface area contributed by atoms with Crippen molar-refractivity contribution in [3.8, 4) is 11.5 Å². The minimum absolute atomic E-state index is 0.280. The standard InChI is InChI=1S/C19H19NO5/c1-24-16-7-3-13(4-8-16)19(15(12-20-23)11-18(21)22)14-5-9-17(25-2)10-6-14/h3-10,12,23H,11H2,1-2H3,(H,21,22). The Morgan fingerprint density at radius 1 is 0.960 bits per heavy atom. The van der Waals surface area contributed by atoms with E-state index in [2.05, 4.69) is 5.16 Å². The van der Waals surface area contributed by atoms with Gasteiger partial charge in [0.25, 0.3) is 0 Å². The molecule has 0 aliphatic heterocycles.